The molecule has 1 N–H and O–H groups in total. The lowest BCUT2D eigenvalue weighted by Crippen LogP contribution is -2.37. The average molecular weight is 418 g/mol. The Bertz CT molecular complexity index is 1220. The first-order chi connectivity index (χ1) is 14.7. The van der Waals surface area contributed by atoms with Crippen LogP contribution in [0.15, 0.2) is 42.7 Å². The number of pyridine rings is 1. The first-order valence-corrected chi connectivity index (χ1v) is 10.5. The fourth-order valence-corrected chi connectivity index (χ4v) is 4.23. The number of aromatic nitrogens is 2. The lowest BCUT2D eigenvalue weighted by molar-refractivity contribution is -0.136. The van der Waals surface area contributed by atoms with Crippen molar-refractivity contribution in [3.8, 4) is 0 Å². The summed E-state index contributed by atoms with van der Waals surface area (Å²) in [5, 5.41) is 0.943. The maximum absolute atomic E-state index is 13.5. The van der Waals surface area contributed by atoms with Crippen LogP contribution in [-0.4, -0.2) is 39.9 Å². The van der Waals surface area contributed by atoms with Crippen LogP contribution in [0.1, 0.15) is 53.5 Å². The second-order valence-electron chi connectivity index (χ2n) is 8.65. The lowest BCUT2D eigenvalue weighted by Gasteiger charge is -2.29. The molecule has 0 spiro atoms. The van der Waals surface area contributed by atoms with Gasteiger partial charge >= 0.3 is 5.97 Å². The van der Waals surface area contributed by atoms with E-state index >= 15 is 0 Å². The SMILES string of the molecule is CCOC(=O)C1=CN(C(=O)c2ccc(C)c(C)c2)CC(C)(C)c2c1[nH]c1ncccc21. The van der Waals surface area contributed by atoms with Crippen molar-refractivity contribution in [1.29, 1.82) is 0 Å². The molecule has 0 aliphatic carbocycles. The van der Waals surface area contributed by atoms with Crippen LogP contribution in [0.25, 0.3) is 16.6 Å². The molecule has 1 aliphatic heterocycles. The van der Waals surface area contributed by atoms with Crippen LogP contribution in [0.5, 0.6) is 0 Å². The van der Waals surface area contributed by atoms with Crippen LogP contribution in [0.3, 0.4) is 0 Å². The third-order valence-electron chi connectivity index (χ3n) is 5.88. The molecular formula is C25H27N3O3. The number of nitrogens with one attached hydrogen (secondary N) is 1. The molecule has 31 heavy (non-hydrogen) atoms. The van der Waals surface area contributed by atoms with Crippen molar-refractivity contribution >= 4 is 28.5 Å². The van der Waals surface area contributed by atoms with Crippen molar-refractivity contribution in [1.82, 2.24) is 14.9 Å². The standard InChI is InChI=1S/C25H27N3O3/c1-6-31-24(30)19-13-28(23(29)17-10-9-15(2)16(3)12-17)14-25(4,5)20-18-8-7-11-26-22(18)27-21(19)20/h7-13H,6,14H2,1-5H3,(H,26,27). The first kappa shape index (κ1) is 20.8. The molecule has 0 atom stereocenters. The fourth-order valence-electron chi connectivity index (χ4n) is 4.23. The van der Waals surface area contributed by atoms with Crippen LogP contribution < -0.4 is 0 Å². The van der Waals surface area contributed by atoms with E-state index in [1.807, 2.05) is 44.2 Å². The van der Waals surface area contributed by atoms with E-state index in [1.54, 1.807) is 24.2 Å². The smallest absolute Gasteiger partial charge is 0.341 e. The summed E-state index contributed by atoms with van der Waals surface area (Å²) in [4.78, 5) is 35.8. The highest BCUT2D eigenvalue weighted by atomic mass is 16.5. The fraction of sp³-hybridized carbons (Fsp3) is 0.320. The van der Waals surface area contributed by atoms with Crippen molar-refractivity contribution in [2.24, 2.45) is 0 Å². The van der Waals surface area contributed by atoms with E-state index in [0.29, 0.717) is 29.0 Å². The van der Waals surface area contributed by atoms with Crippen LogP contribution in [-0.2, 0) is 14.9 Å². The molecular weight excluding hydrogens is 390 g/mol. The van der Waals surface area contributed by atoms with Crippen LogP contribution >= 0.6 is 0 Å². The maximum Gasteiger partial charge on any atom is 0.341 e. The van der Waals surface area contributed by atoms with Crippen molar-refractivity contribution in [3.05, 3.63) is 70.7 Å². The minimum atomic E-state index is -0.467. The Balaban J connectivity index is 1.89. The van der Waals surface area contributed by atoms with Gasteiger partial charge in [-0.05, 0) is 61.7 Å². The van der Waals surface area contributed by atoms with Gasteiger partial charge in [0.25, 0.3) is 5.91 Å². The highest BCUT2D eigenvalue weighted by molar-refractivity contribution is 6.18. The second-order valence-corrected chi connectivity index (χ2v) is 8.65. The Labute approximate surface area is 181 Å². The van der Waals surface area contributed by atoms with Gasteiger partial charge < -0.3 is 14.6 Å². The van der Waals surface area contributed by atoms with Gasteiger partial charge in [0.15, 0.2) is 0 Å². The molecule has 1 aliphatic rings. The molecule has 0 bridgehead atoms. The topological polar surface area (TPSA) is 75.3 Å². The van der Waals surface area contributed by atoms with Crippen molar-refractivity contribution in [3.63, 3.8) is 0 Å². The van der Waals surface area contributed by atoms with Crippen molar-refractivity contribution < 1.29 is 14.3 Å². The Kier molecular flexibility index (Phi) is 5.17. The van der Waals surface area contributed by atoms with Gasteiger partial charge in [0.1, 0.15) is 5.65 Å². The molecule has 0 saturated carbocycles. The summed E-state index contributed by atoms with van der Waals surface area (Å²) in [5.41, 5.74) is 5.01. The van der Waals surface area contributed by atoms with E-state index in [0.717, 1.165) is 22.1 Å². The quantitative estimate of drug-likeness (QED) is 0.636. The largest absolute Gasteiger partial charge is 0.462 e. The number of amides is 1. The molecule has 3 heterocycles. The number of nitrogens with zero attached hydrogens (tertiary/aromatic N) is 2. The van der Waals surface area contributed by atoms with Gasteiger partial charge in [-0.2, -0.15) is 0 Å². The Morgan fingerprint density at radius 3 is 2.68 bits per heavy atom. The molecule has 1 aromatic carbocycles. The molecule has 1 amide bonds. The lowest BCUT2D eigenvalue weighted by atomic mass is 9.82. The number of aromatic amines is 1. The molecule has 0 saturated heterocycles. The predicted molar refractivity (Wildman–Crippen MR) is 121 cm³/mol. The van der Waals surface area contributed by atoms with Crippen LogP contribution in [0.2, 0.25) is 0 Å². The van der Waals surface area contributed by atoms with Crippen LogP contribution in [0.4, 0.5) is 0 Å². The van der Waals surface area contributed by atoms with Gasteiger partial charge in [-0.1, -0.05) is 19.9 Å². The maximum atomic E-state index is 13.5. The highest BCUT2D eigenvalue weighted by Crippen LogP contribution is 2.40. The van der Waals surface area contributed by atoms with Gasteiger partial charge in [0.2, 0.25) is 0 Å². The van der Waals surface area contributed by atoms with Crippen molar-refractivity contribution in [2.75, 3.05) is 13.2 Å². The first-order valence-electron chi connectivity index (χ1n) is 10.5. The summed E-state index contributed by atoms with van der Waals surface area (Å²) in [6, 6.07) is 9.54. The number of H-pyrrole nitrogens is 1. The number of fused-ring (bicyclic) bond motifs is 3. The molecule has 0 fully saturated rings. The summed E-state index contributed by atoms with van der Waals surface area (Å²) >= 11 is 0. The summed E-state index contributed by atoms with van der Waals surface area (Å²) in [7, 11) is 0. The number of benzene rings is 1. The molecule has 0 unspecified atom stereocenters. The minimum absolute atomic E-state index is 0.148. The monoisotopic (exact) mass is 417 g/mol. The highest BCUT2D eigenvalue weighted by Gasteiger charge is 2.37. The Hall–Kier alpha value is -3.41. The number of carbonyl (C=O) groups is 2. The number of ether oxygens (including phenoxy) is 1. The van der Waals surface area contributed by atoms with E-state index in [9.17, 15) is 9.59 Å². The third-order valence-corrected chi connectivity index (χ3v) is 5.88. The average Bonchev–Trinajstić information content (AvgIpc) is 3.07. The number of esters is 1. The van der Waals surface area contributed by atoms with E-state index < -0.39 is 11.4 Å². The number of hydrogen-bond acceptors (Lipinski definition) is 4. The van der Waals surface area contributed by atoms with E-state index in [1.165, 1.54) is 0 Å². The Morgan fingerprint density at radius 1 is 1.19 bits per heavy atom. The van der Waals surface area contributed by atoms with Gasteiger partial charge in [-0.25, -0.2) is 9.78 Å². The zero-order valence-corrected chi connectivity index (χ0v) is 18.6. The summed E-state index contributed by atoms with van der Waals surface area (Å²) in [6.45, 7) is 10.6. The van der Waals surface area contributed by atoms with E-state index in [2.05, 4.69) is 23.8 Å². The number of aryl methyl sites for hydroxylation is 2. The van der Waals surface area contributed by atoms with Gasteiger partial charge in [-0.3, -0.25) is 4.79 Å². The molecule has 160 valence electrons. The molecule has 2 aromatic heterocycles. The molecule has 0 radical (unpaired) electrons. The van der Waals surface area contributed by atoms with Crippen LogP contribution in [0, 0.1) is 13.8 Å². The summed E-state index contributed by atoms with van der Waals surface area (Å²) in [6.07, 6.45) is 3.34. The predicted octanol–water partition coefficient (Wildman–Crippen LogP) is 4.52. The number of carbonyl (C=O) groups excluding carboxylic acids is 2. The molecule has 4 rings (SSSR count). The molecule has 6 heteroatoms. The van der Waals surface area contributed by atoms with Gasteiger partial charge in [0.05, 0.1) is 17.9 Å². The zero-order chi connectivity index (χ0) is 22.3. The van der Waals surface area contributed by atoms with Crippen molar-refractivity contribution in [2.45, 2.75) is 40.0 Å². The molecule has 3 aromatic rings. The normalized spacial score (nSPS) is 15.3. The van der Waals surface area contributed by atoms with Gasteiger partial charge in [0, 0.05) is 35.3 Å². The Morgan fingerprint density at radius 2 is 1.97 bits per heavy atom. The summed E-state index contributed by atoms with van der Waals surface area (Å²) in [5.74, 6) is -0.614. The molecule has 6 nitrogen and oxygen atoms in total. The number of rotatable bonds is 3. The third kappa shape index (κ3) is 3.63. The van der Waals surface area contributed by atoms with Gasteiger partial charge in [-0.15, -0.1) is 0 Å². The van der Waals surface area contributed by atoms with E-state index in [-0.39, 0.29) is 12.5 Å². The second kappa shape index (κ2) is 7.69. The zero-order valence-electron chi connectivity index (χ0n) is 18.6. The van der Waals surface area contributed by atoms with E-state index in [4.69, 9.17) is 4.74 Å². The number of hydrogen-bond donors (Lipinski definition) is 1. The summed E-state index contributed by atoms with van der Waals surface area (Å²) < 4.78 is 5.34. The minimum Gasteiger partial charge on any atom is -0.462 e.